The van der Waals surface area contributed by atoms with Crippen molar-refractivity contribution in [3.8, 4) is 22.3 Å². The van der Waals surface area contributed by atoms with Crippen LogP contribution in [-0.4, -0.2) is 47.8 Å². The minimum atomic E-state index is -1.51. The summed E-state index contributed by atoms with van der Waals surface area (Å²) in [6.45, 7) is 0. The topological polar surface area (TPSA) is 173 Å². The Morgan fingerprint density at radius 3 is 0.644 bits per heavy atom. The van der Waals surface area contributed by atoms with Gasteiger partial charge in [0.15, 0.2) is 0 Å². The van der Waals surface area contributed by atoms with Gasteiger partial charge in [-0.2, -0.15) is 0 Å². The maximum Gasteiger partial charge on any atom is 0.346 e. The summed E-state index contributed by atoms with van der Waals surface area (Å²) in [4.78, 5) is 102. The predicted octanol–water partition coefficient (Wildman–Crippen LogP) is 3.27. The monoisotopic (exact) mass is 596 g/mol. The highest BCUT2D eigenvalue weighted by Gasteiger charge is 2.56. The zero-order valence-corrected chi connectivity index (χ0v) is 22.0. The van der Waals surface area contributed by atoms with Crippen LogP contribution in [0.3, 0.4) is 0 Å². The van der Waals surface area contributed by atoms with Gasteiger partial charge in [0.2, 0.25) is 0 Å². The molecule has 0 aromatic heterocycles. The third-order valence-corrected chi connectivity index (χ3v) is 9.33. The molecule has 4 aromatic rings. The van der Waals surface area contributed by atoms with Crippen molar-refractivity contribution in [3.63, 3.8) is 0 Å². The summed E-state index contributed by atoms with van der Waals surface area (Å²) in [5.74, 6) is -7.07. The Morgan fingerprint density at radius 2 is 0.444 bits per heavy atom. The lowest BCUT2D eigenvalue weighted by Crippen LogP contribution is -2.27. The van der Waals surface area contributed by atoms with Gasteiger partial charge in [0.05, 0.1) is 49.9 Å². The van der Waals surface area contributed by atoms with Crippen LogP contribution in [0.2, 0.25) is 0 Å². The number of carbonyl (C=O) groups is 8. The van der Waals surface area contributed by atoms with Crippen LogP contribution in [0.4, 0.5) is 0 Å². The van der Waals surface area contributed by atoms with E-state index in [1.807, 2.05) is 0 Å². The van der Waals surface area contributed by atoms with Gasteiger partial charge in [-0.3, -0.25) is 0 Å². The lowest BCUT2D eigenvalue weighted by atomic mass is 9.69. The maximum atomic E-state index is 12.8. The molecule has 0 amide bonds. The van der Waals surface area contributed by atoms with E-state index in [-0.39, 0.29) is 44.5 Å². The average Bonchev–Trinajstić information content (AvgIpc) is 3.79. The number of hydrogen-bond donors (Lipinski definition) is 0. The quantitative estimate of drug-likeness (QED) is 0.142. The average molecular weight is 596 g/mol. The van der Waals surface area contributed by atoms with Crippen LogP contribution in [0.5, 0.6) is 0 Å². The Morgan fingerprint density at radius 1 is 0.267 bits per heavy atom. The number of carbonyl (C=O) groups excluding carboxylic acids is 8. The van der Waals surface area contributed by atoms with E-state index in [0.717, 1.165) is 0 Å². The second kappa shape index (κ2) is 7.14. The van der Waals surface area contributed by atoms with Crippen molar-refractivity contribution in [1.82, 2.24) is 0 Å². The van der Waals surface area contributed by atoms with E-state index >= 15 is 0 Å². The van der Waals surface area contributed by atoms with Crippen LogP contribution in [0.25, 0.3) is 22.3 Å². The van der Waals surface area contributed by atoms with E-state index in [4.69, 9.17) is 18.9 Å². The summed E-state index contributed by atoms with van der Waals surface area (Å²) in [5.41, 5.74) is 1.34. The zero-order valence-electron chi connectivity index (χ0n) is 22.0. The summed E-state index contributed by atoms with van der Waals surface area (Å²) >= 11 is 0. The van der Waals surface area contributed by atoms with Gasteiger partial charge in [0, 0.05) is 0 Å². The number of ether oxygens (including phenoxy) is 4. The van der Waals surface area contributed by atoms with Crippen LogP contribution < -0.4 is 0 Å². The first-order chi connectivity index (χ1) is 21.6. The molecule has 0 N–H and O–H groups in total. The summed E-state index contributed by atoms with van der Waals surface area (Å²) in [7, 11) is 0. The Kier molecular flexibility index (Phi) is 3.80. The lowest BCUT2D eigenvalue weighted by molar-refractivity contribution is 0.0425. The molecule has 4 heterocycles. The molecule has 0 unspecified atom stereocenters. The molecule has 0 bridgehead atoms. The van der Waals surface area contributed by atoms with Crippen molar-refractivity contribution >= 4 is 47.8 Å². The van der Waals surface area contributed by atoms with Crippen LogP contribution in [0.15, 0.2) is 48.5 Å². The molecule has 12 heteroatoms. The zero-order chi connectivity index (χ0) is 30.8. The molecule has 0 fully saturated rings. The maximum absolute atomic E-state index is 12.8. The fourth-order valence-corrected chi connectivity index (χ4v) is 7.53. The normalized spacial score (nSPS) is 18.1. The molecule has 4 aromatic carbocycles. The van der Waals surface area contributed by atoms with E-state index < -0.39 is 53.2 Å². The third kappa shape index (κ3) is 2.49. The van der Waals surface area contributed by atoms with Crippen molar-refractivity contribution in [2.75, 3.05) is 0 Å². The van der Waals surface area contributed by atoms with Crippen molar-refractivity contribution in [2.24, 2.45) is 0 Å². The molecule has 0 saturated carbocycles. The van der Waals surface area contributed by atoms with Gasteiger partial charge in [-0.1, -0.05) is 0 Å². The van der Waals surface area contributed by atoms with Gasteiger partial charge in [-0.15, -0.1) is 0 Å². The van der Waals surface area contributed by atoms with Crippen molar-refractivity contribution in [1.29, 1.82) is 0 Å². The summed E-state index contributed by atoms with van der Waals surface area (Å²) < 4.78 is 19.5. The second-order valence-corrected chi connectivity index (χ2v) is 11.2. The highest BCUT2D eigenvalue weighted by Crippen LogP contribution is 2.64. The largest absolute Gasteiger partial charge is 0.386 e. The van der Waals surface area contributed by atoms with Crippen molar-refractivity contribution < 1.29 is 57.3 Å². The number of hydrogen-bond acceptors (Lipinski definition) is 12. The number of cyclic esters (lactones) is 8. The molecule has 2 aliphatic carbocycles. The van der Waals surface area contributed by atoms with Gasteiger partial charge in [0.1, 0.15) is 0 Å². The minimum Gasteiger partial charge on any atom is -0.386 e. The molecular formula is C33H8O12. The molecule has 10 rings (SSSR count). The number of benzene rings is 4. The Labute approximate surface area is 248 Å². The van der Waals surface area contributed by atoms with Gasteiger partial charge >= 0.3 is 47.8 Å². The van der Waals surface area contributed by atoms with Crippen LogP contribution >= 0.6 is 0 Å². The molecule has 0 atom stereocenters. The van der Waals surface area contributed by atoms with Crippen molar-refractivity contribution in [2.45, 2.75) is 5.41 Å². The lowest BCUT2D eigenvalue weighted by Gasteiger charge is -2.31. The summed E-state index contributed by atoms with van der Waals surface area (Å²) in [5, 5.41) is 0. The van der Waals surface area contributed by atoms with Crippen molar-refractivity contribution in [3.05, 3.63) is 115 Å². The fraction of sp³-hybridized carbons (Fsp3) is 0.0303. The first kappa shape index (κ1) is 23.9. The first-order valence-corrected chi connectivity index (χ1v) is 13.4. The molecule has 0 radical (unpaired) electrons. The Hall–Kier alpha value is -6.56. The fourth-order valence-electron chi connectivity index (χ4n) is 7.53. The van der Waals surface area contributed by atoms with E-state index in [1.54, 1.807) is 0 Å². The second-order valence-electron chi connectivity index (χ2n) is 11.2. The van der Waals surface area contributed by atoms with Crippen LogP contribution in [-0.2, 0) is 24.4 Å². The van der Waals surface area contributed by atoms with Crippen LogP contribution in [0, 0.1) is 0 Å². The molecule has 0 saturated heterocycles. The molecule has 4 aliphatic heterocycles. The van der Waals surface area contributed by atoms with E-state index in [9.17, 15) is 38.4 Å². The van der Waals surface area contributed by atoms with E-state index in [0.29, 0.717) is 44.5 Å². The Balaban J connectivity index is 1.43. The predicted molar refractivity (Wildman–Crippen MR) is 142 cm³/mol. The molecular weight excluding hydrogens is 588 g/mol. The van der Waals surface area contributed by atoms with Gasteiger partial charge in [-0.05, 0) is 93.0 Å². The van der Waals surface area contributed by atoms with Crippen LogP contribution in [0.1, 0.15) is 105 Å². The van der Waals surface area contributed by atoms with Gasteiger partial charge in [0.25, 0.3) is 0 Å². The molecule has 1 spiro atoms. The van der Waals surface area contributed by atoms with E-state index in [1.165, 1.54) is 48.5 Å². The summed E-state index contributed by atoms with van der Waals surface area (Å²) in [6.07, 6.45) is 0. The van der Waals surface area contributed by atoms with E-state index in [2.05, 4.69) is 0 Å². The smallest absolute Gasteiger partial charge is 0.346 e. The molecule has 6 aliphatic rings. The summed E-state index contributed by atoms with van der Waals surface area (Å²) in [6, 6.07) is 11.7. The standard InChI is InChI=1S/C33H8O12/c34-25-13-1-9-10-2-14-18(30(39)43-26(14)35)6-22(10)33(21(9)5-17(13)29(38)42-25)23-7-19-15(27(36)44-31(19)40)3-11(23)12-4-16-20(8-24(12)33)32(41)45-28(16)37/h1-8H. The highest BCUT2D eigenvalue weighted by atomic mass is 16.6. The van der Waals surface area contributed by atoms with Gasteiger partial charge < -0.3 is 18.9 Å². The minimum absolute atomic E-state index is 0.0226. The first-order valence-electron chi connectivity index (χ1n) is 13.4. The SMILES string of the molecule is O=C1OC(=O)c2cc3c(cc21)-c1cc2c(cc1C31c3cc4c(cc3-c3cc5c(cc31)C(=O)OC5=O)C(=O)OC4=O)C(=O)OC2=O. The van der Waals surface area contributed by atoms with Gasteiger partial charge in [-0.25, -0.2) is 38.4 Å². The number of esters is 8. The molecule has 12 nitrogen and oxygen atoms in total. The number of fused-ring (bicyclic) bond motifs is 14. The number of rotatable bonds is 0. The molecule has 212 valence electrons. The molecule has 45 heavy (non-hydrogen) atoms. The third-order valence-electron chi connectivity index (χ3n) is 9.33. The Bertz CT molecular complexity index is 2090. The highest BCUT2D eigenvalue weighted by molar-refractivity contribution is 6.20.